The molecule has 0 bridgehead atoms. The van der Waals surface area contributed by atoms with Crippen molar-refractivity contribution in [3.05, 3.63) is 65.0 Å². The van der Waals surface area contributed by atoms with Gasteiger partial charge in [-0.05, 0) is 67.5 Å². The molecule has 1 fully saturated rings. The number of ether oxygens (including phenoxy) is 1. The van der Waals surface area contributed by atoms with Crippen LogP contribution in [0.5, 0.6) is 5.75 Å². The molecule has 0 spiro atoms. The van der Waals surface area contributed by atoms with E-state index in [1.54, 1.807) is 24.3 Å². The summed E-state index contributed by atoms with van der Waals surface area (Å²) in [4.78, 5) is 11.0. The number of carboxylic acids is 1. The Morgan fingerprint density at radius 2 is 1.96 bits per heavy atom. The Balaban J connectivity index is 1.61. The summed E-state index contributed by atoms with van der Waals surface area (Å²) in [5.74, 6) is -0.551. The van der Waals surface area contributed by atoms with E-state index in [0.29, 0.717) is 17.5 Å². The van der Waals surface area contributed by atoms with Crippen LogP contribution in [0.25, 0.3) is 0 Å². The molecule has 0 heterocycles. The highest BCUT2D eigenvalue weighted by atomic mass is 19.1. The van der Waals surface area contributed by atoms with Gasteiger partial charge in [0.25, 0.3) is 0 Å². The number of carboxylic acid groups (broad SMARTS) is 1. The Labute approximate surface area is 153 Å². The molecule has 5 heteroatoms. The van der Waals surface area contributed by atoms with Gasteiger partial charge in [-0.25, -0.2) is 9.18 Å². The smallest absolute Gasteiger partial charge is 0.335 e. The highest BCUT2D eigenvalue weighted by Crippen LogP contribution is 2.35. The van der Waals surface area contributed by atoms with Gasteiger partial charge in [-0.15, -0.1) is 0 Å². The van der Waals surface area contributed by atoms with Crippen molar-refractivity contribution in [2.45, 2.75) is 44.2 Å². The number of hydrogen-bond donors (Lipinski definition) is 2. The molecule has 2 N–H and O–H groups in total. The van der Waals surface area contributed by atoms with Crippen LogP contribution in [0.15, 0.2) is 42.5 Å². The number of halogens is 1. The first-order valence-electron chi connectivity index (χ1n) is 8.90. The van der Waals surface area contributed by atoms with E-state index in [0.717, 1.165) is 24.8 Å². The molecule has 1 saturated carbocycles. The number of nitrogens with one attached hydrogen (secondary N) is 1. The van der Waals surface area contributed by atoms with Crippen molar-refractivity contribution in [1.82, 2.24) is 5.32 Å². The molecule has 0 saturated heterocycles. The van der Waals surface area contributed by atoms with Crippen LogP contribution in [0.3, 0.4) is 0 Å². The van der Waals surface area contributed by atoms with E-state index in [1.165, 1.54) is 18.7 Å². The number of benzene rings is 2. The van der Waals surface area contributed by atoms with Crippen LogP contribution in [0.1, 0.15) is 59.6 Å². The highest BCUT2D eigenvalue weighted by Gasteiger charge is 2.27. The van der Waals surface area contributed by atoms with Gasteiger partial charge in [0.15, 0.2) is 11.6 Å². The summed E-state index contributed by atoms with van der Waals surface area (Å²) in [6, 6.07) is 12.6. The fourth-order valence-electron chi connectivity index (χ4n) is 3.73. The van der Waals surface area contributed by atoms with Crippen LogP contribution in [0.4, 0.5) is 4.39 Å². The van der Waals surface area contributed by atoms with Gasteiger partial charge in [-0.2, -0.15) is 0 Å². The molecular formula is C21H24FNO3. The zero-order valence-corrected chi connectivity index (χ0v) is 15.0. The van der Waals surface area contributed by atoms with Crippen LogP contribution in [0.2, 0.25) is 0 Å². The van der Waals surface area contributed by atoms with Crippen molar-refractivity contribution in [1.29, 1.82) is 0 Å². The lowest BCUT2D eigenvalue weighted by Gasteiger charge is -2.21. The number of hydrogen-bond acceptors (Lipinski definition) is 3. The summed E-state index contributed by atoms with van der Waals surface area (Å²) in [7, 11) is 1.47. The van der Waals surface area contributed by atoms with E-state index < -0.39 is 5.97 Å². The fraction of sp³-hybridized carbons (Fsp3) is 0.381. The van der Waals surface area contributed by atoms with Gasteiger partial charge < -0.3 is 15.2 Å². The first kappa shape index (κ1) is 18.4. The first-order chi connectivity index (χ1) is 12.5. The fourth-order valence-corrected chi connectivity index (χ4v) is 3.73. The number of carbonyl (C=O) groups is 1. The van der Waals surface area contributed by atoms with Crippen molar-refractivity contribution in [2.24, 2.45) is 0 Å². The molecule has 4 nitrogen and oxygen atoms in total. The monoisotopic (exact) mass is 357 g/mol. The van der Waals surface area contributed by atoms with E-state index in [4.69, 9.17) is 9.84 Å². The van der Waals surface area contributed by atoms with E-state index in [9.17, 15) is 9.18 Å². The van der Waals surface area contributed by atoms with Gasteiger partial charge >= 0.3 is 5.97 Å². The van der Waals surface area contributed by atoms with Gasteiger partial charge in [0, 0.05) is 12.1 Å². The lowest BCUT2D eigenvalue weighted by Crippen LogP contribution is -2.29. The Hall–Kier alpha value is -2.40. The standard InChI is InChI=1S/C21H24FNO3/c1-13(16-8-10-19(22)20(12-16)26-2)23-18-9-7-17(11-18)14-3-5-15(6-4-14)21(24)25/h3-6,8,10,12-13,17-18,23H,7,9,11H2,1-2H3,(H,24,25)/t13-,17?,18+/m1/s1. The van der Waals surface area contributed by atoms with Crippen LogP contribution in [-0.4, -0.2) is 24.2 Å². The van der Waals surface area contributed by atoms with Gasteiger partial charge in [-0.1, -0.05) is 18.2 Å². The van der Waals surface area contributed by atoms with Crippen molar-refractivity contribution in [3.8, 4) is 5.75 Å². The minimum absolute atomic E-state index is 0.0997. The third-order valence-corrected chi connectivity index (χ3v) is 5.22. The van der Waals surface area contributed by atoms with Gasteiger partial charge in [0.1, 0.15) is 0 Å². The second-order valence-corrected chi connectivity index (χ2v) is 6.92. The molecule has 3 atom stereocenters. The Kier molecular flexibility index (Phi) is 5.57. The van der Waals surface area contributed by atoms with Gasteiger partial charge in [0.05, 0.1) is 12.7 Å². The quantitative estimate of drug-likeness (QED) is 0.798. The Morgan fingerprint density at radius 3 is 2.62 bits per heavy atom. The summed E-state index contributed by atoms with van der Waals surface area (Å²) in [6.07, 6.45) is 3.15. The normalized spacial score (nSPS) is 20.7. The average Bonchev–Trinajstić information content (AvgIpc) is 3.10. The molecule has 0 aliphatic heterocycles. The molecule has 1 aliphatic rings. The summed E-state index contributed by atoms with van der Waals surface area (Å²) in [6.45, 7) is 2.07. The summed E-state index contributed by atoms with van der Waals surface area (Å²) in [5.41, 5.74) is 2.51. The third-order valence-electron chi connectivity index (χ3n) is 5.22. The molecule has 0 aromatic heterocycles. The zero-order chi connectivity index (χ0) is 18.7. The number of aromatic carboxylic acids is 1. The first-order valence-corrected chi connectivity index (χ1v) is 8.90. The Bertz CT molecular complexity index is 775. The van der Waals surface area contributed by atoms with Crippen molar-refractivity contribution >= 4 is 5.97 Å². The summed E-state index contributed by atoms with van der Waals surface area (Å²) < 4.78 is 18.6. The SMILES string of the molecule is COc1cc([C@@H](C)N[C@H]2CCC(c3ccc(C(=O)O)cc3)C2)ccc1F. The molecule has 2 aromatic carbocycles. The van der Waals surface area contributed by atoms with Crippen LogP contribution < -0.4 is 10.1 Å². The van der Waals surface area contributed by atoms with E-state index in [2.05, 4.69) is 12.2 Å². The molecule has 0 radical (unpaired) electrons. The number of methoxy groups -OCH3 is 1. The van der Waals surface area contributed by atoms with Crippen molar-refractivity contribution in [2.75, 3.05) is 7.11 Å². The molecular weight excluding hydrogens is 333 g/mol. The van der Waals surface area contributed by atoms with Crippen LogP contribution >= 0.6 is 0 Å². The highest BCUT2D eigenvalue weighted by molar-refractivity contribution is 5.87. The maximum atomic E-state index is 13.6. The van der Waals surface area contributed by atoms with Crippen molar-refractivity contribution < 1.29 is 19.0 Å². The molecule has 2 aromatic rings. The lowest BCUT2D eigenvalue weighted by atomic mass is 9.96. The minimum Gasteiger partial charge on any atom is -0.494 e. The summed E-state index contributed by atoms with van der Waals surface area (Å²) >= 11 is 0. The molecule has 0 amide bonds. The van der Waals surface area contributed by atoms with Crippen LogP contribution in [-0.2, 0) is 0 Å². The predicted molar refractivity (Wildman–Crippen MR) is 98.3 cm³/mol. The second kappa shape index (κ2) is 7.87. The van der Waals surface area contributed by atoms with Crippen molar-refractivity contribution in [3.63, 3.8) is 0 Å². The maximum Gasteiger partial charge on any atom is 0.335 e. The largest absolute Gasteiger partial charge is 0.494 e. The van der Waals surface area contributed by atoms with Gasteiger partial charge in [-0.3, -0.25) is 0 Å². The van der Waals surface area contributed by atoms with E-state index >= 15 is 0 Å². The lowest BCUT2D eigenvalue weighted by molar-refractivity contribution is 0.0697. The topological polar surface area (TPSA) is 58.6 Å². The summed E-state index contributed by atoms with van der Waals surface area (Å²) in [5, 5.41) is 12.6. The molecule has 1 aliphatic carbocycles. The molecule has 1 unspecified atom stereocenters. The average molecular weight is 357 g/mol. The second-order valence-electron chi connectivity index (χ2n) is 6.92. The molecule has 138 valence electrons. The third kappa shape index (κ3) is 4.05. The van der Waals surface area contributed by atoms with Crippen LogP contribution in [0, 0.1) is 5.82 Å². The predicted octanol–water partition coefficient (Wildman–Crippen LogP) is 4.52. The van der Waals surface area contributed by atoms with E-state index in [-0.39, 0.29) is 17.6 Å². The molecule has 26 heavy (non-hydrogen) atoms. The minimum atomic E-state index is -0.897. The zero-order valence-electron chi connectivity index (χ0n) is 15.0. The van der Waals surface area contributed by atoms with Gasteiger partial charge in [0.2, 0.25) is 0 Å². The maximum absolute atomic E-state index is 13.6. The molecule has 3 rings (SSSR count). The number of rotatable bonds is 6. The Morgan fingerprint density at radius 1 is 1.23 bits per heavy atom. The van der Waals surface area contributed by atoms with E-state index in [1.807, 2.05) is 12.1 Å².